The minimum Gasteiger partial charge on any atom is -0.396 e. The summed E-state index contributed by atoms with van der Waals surface area (Å²) in [4.78, 5) is 13.7. The Morgan fingerprint density at radius 2 is 2.00 bits per heavy atom. The van der Waals surface area contributed by atoms with E-state index in [1.807, 2.05) is 4.90 Å². The Hall–Kier alpha value is -0.610. The number of rotatable bonds is 2. The average molecular weight is 197 g/mol. The van der Waals surface area contributed by atoms with E-state index in [0.29, 0.717) is 23.7 Å². The summed E-state index contributed by atoms with van der Waals surface area (Å²) >= 11 is 0. The van der Waals surface area contributed by atoms with Crippen molar-refractivity contribution in [1.82, 2.24) is 4.90 Å². The topological polar surface area (TPSA) is 49.8 Å². The maximum Gasteiger partial charge on any atom is 0.226 e. The summed E-state index contributed by atoms with van der Waals surface area (Å²) in [6.07, 6.45) is 0. The molecule has 78 valence electrons. The number of hydrogen-bond donors (Lipinski definition) is 1. The molecule has 2 unspecified atom stereocenters. The van der Waals surface area contributed by atoms with E-state index in [4.69, 9.17) is 9.84 Å². The molecule has 2 aliphatic heterocycles. The lowest BCUT2D eigenvalue weighted by Crippen LogP contribution is -2.52. The largest absolute Gasteiger partial charge is 0.396 e. The van der Waals surface area contributed by atoms with Gasteiger partial charge in [0.25, 0.3) is 0 Å². The Morgan fingerprint density at radius 1 is 1.36 bits per heavy atom. The van der Waals surface area contributed by atoms with Gasteiger partial charge in [0.1, 0.15) is 0 Å². The Morgan fingerprint density at radius 3 is 2.57 bits per heavy atom. The fourth-order valence-corrected chi connectivity index (χ4v) is 2.68. The number of amides is 1. The number of fused-ring (bicyclic) bond motifs is 1. The van der Waals surface area contributed by atoms with Crippen LogP contribution in [-0.2, 0) is 9.53 Å². The molecule has 0 radical (unpaired) electrons. The summed E-state index contributed by atoms with van der Waals surface area (Å²) in [5.41, 5.74) is 0. The van der Waals surface area contributed by atoms with Gasteiger partial charge in [-0.3, -0.25) is 4.79 Å². The highest BCUT2D eigenvalue weighted by molar-refractivity contribution is 5.83. The molecular formula is C10H15NO3. The van der Waals surface area contributed by atoms with Crippen molar-refractivity contribution >= 4 is 5.91 Å². The van der Waals surface area contributed by atoms with Crippen molar-refractivity contribution in [3.63, 3.8) is 0 Å². The van der Waals surface area contributed by atoms with Gasteiger partial charge in [0.2, 0.25) is 5.91 Å². The van der Waals surface area contributed by atoms with Gasteiger partial charge in [0.05, 0.1) is 13.2 Å². The van der Waals surface area contributed by atoms with Crippen LogP contribution in [0.15, 0.2) is 0 Å². The van der Waals surface area contributed by atoms with E-state index in [-0.39, 0.29) is 12.5 Å². The molecule has 2 heterocycles. The highest BCUT2D eigenvalue weighted by Crippen LogP contribution is 2.52. The van der Waals surface area contributed by atoms with Crippen molar-refractivity contribution in [3.05, 3.63) is 0 Å². The number of aliphatic hydroxyl groups excluding tert-OH is 1. The Kier molecular flexibility index (Phi) is 1.82. The van der Waals surface area contributed by atoms with Gasteiger partial charge in [0, 0.05) is 31.5 Å². The summed E-state index contributed by atoms with van der Waals surface area (Å²) in [6, 6.07) is 0. The molecule has 0 spiro atoms. The third kappa shape index (κ3) is 1.10. The van der Waals surface area contributed by atoms with Gasteiger partial charge in [-0.25, -0.2) is 0 Å². The molecule has 0 aromatic carbocycles. The number of carbonyl (C=O) groups is 1. The maximum absolute atomic E-state index is 11.9. The fraction of sp³-hybridized carbons (Fsp3) is 0.900. The summed E-state index contributed by atoms with van der Waals surface area (Å²) < 4.78 is 5.25. The minimum atomic E-state index is 0.213. The first-order valence-corrected chi connectivity index (χ1v) is 5.28. The monoisotopic (exact) mass is 197 g/mol. The molecular weight excluding hydrogens is 182 g/mol. The van der Waals surface area contributed by atoms with E-state index < -0.39 is 0 Å². The van der Waals surface area contributed by atoms with E-state index in [0.717, 1.165) is 26.3 Å². The maximum atomic E-state index is 11.9. The predicted molar refractivity (Wildman–Crippen MR) is 48.4 cm³/mol. The highest BCUT2D eigenvalue weighted by atomic mass is 16.5. The molecule has 4 heteroatoms. The molecule has 1 aliphatic carbocycles. The Labute approximate surface area is 82.8 Å². The van der Waals surface area contributed by atoms with Crippen molar-refractivity contribution < 1.29 is 14.6 Å². The Bertz CT molecular complexity index is 252. The molecule has 1 amide bonds. The van der Waals surface area contributed by atoms with Crippen LogP contribution in [0.25, 0.3) is 0 Å². The van der Waals surface area contributed by atoms with Crippen molar-refractivity contribution in [1.29, 1.82) is 0 Å². The van der Waals surface area contributed by atoms with Gasteiger partial charge < -0.3 is 14.7 Å². The van der Waals surface area contributed by atoms with Crippen LogP contribution in [0.2, 0.25) is 0 Å². The van der Waals surface area contributed by atoms with Crippen LogP contribution >= 0.6 is 0 Å². The highest BCUT2D eigenvalue weighted by Gasteiger charge is 2.59. The Balaban J connectivity index is 1.53. The van der Waals surface area contributed by atoms with Gasteiger partial charge in [-0.05, 0) is 11.8 Å². The lowest BCUT2D eigenvalue weighted by Gasteiger charge is -2.38. The van der Waals surface area contributed by atoms with E-state index >= 15 is 0 Å². The van der Waals surface area contributed by atoms with Crippen LogP contribution in [0.4, 0.5) is 0 Å². The number of ether oxygens (including phenoxy) is 1. The van der Waals surface area contributed by atoms with E-state index in [1.54, 1.807) is 0 Å². The smallest absolute Gasteiger partial charge is 0.226 e. The van der Waals surface area contributed by atoms with Crippen LogP contribution in [-0.4, -0.2) is 48.8 Å². The lowest BCUT2D eigenvalue weighted by atomic mass is 10.0. The zero-order valence-corrected chi connectivity index (χ0v) is 8.06. The van der Waals surface area contributed by atoms with Gasteiger partial charge in [-0.15, -0.1) is 0 Å². The number of hydrogen-bond acceptors (Lipinski definition) is 3. The van der Waals surface area contributed by atoms with Gasteiger partial charge in [0.15, 0.2) is 0 Å². The first-order valence-electron chi connectivity index (χ1n) is 5.28. The van der Waals surface area contributed by atoms with Crippen molar-refractivity contribution in [2.24, 2.45) is 23.7 Å². The van der Waals surface area contributed by atoms with Gasteiger partial charge in [-0.1, -0.05) is 0 Å². The zero-order chi connectivity index (χ0) is 9.71. The number of nitrogens with zero attached hydrogens (tertiary/aromatic N) is 1. The van der Waals surface area contributed by atoms with Crippen LogP contribution in [0.3, 0.4) is 0 Å². The van der Waals surface area contributed by atoms with Crippen LogP contribution < -0.4 is 0 Å². The van der Waals surface area contributed by atoms with Crippen molar-refractivity contribution in [2.45, 2.75) is 0 Å². The summed E-state index contributed by atoms with van der Waals surface area (Å²) in [6.45, 7) is 3.28. The van der Waals surface area contributed by atoms with Crippen LogP contribution in [0.5, 0.6) is 0 Å². The van der Waals surface area contributed by atoms with E-state index in [2.05, 4.69) is 0 Å². The van der Waals surface area contributed by atoms with Crippen molar-refractivity contribution in [3.8, 4) is 0 Å². The molecule has 4 nitrogen and oxygen atoms in total. The molecule has 2 saturated heterocycles. The molecule has 14 heavy (non-hydrogen) atoms. The molecule has 3 rings (SSSR count). The quantitative estimate of drug-likeness (QED) is 0.638. The van der Waals surface area contributed by atoms with Crippen LogP contribution in [0, 0.1) is 23.7 Å². The third-order valence-corrected chi connectivity index (χ3v) is 3.76. The molecule has 0 aromatic heterocycles. The van der Waals surface area contributed by atoms with Crippen LogP contribution in [0.1, 0.15) is 0 Å². The summed E-state index contributed by atoms with van der Waals surface area (Å²) in [7, 11) is 0. The molecule has 1 saturated carbocycles. The molecule has 0 bridgehead atoms. The molecule has 3 fully saturated rings. The second kappa shape index (κ2) is 2.94. The standard InChI is InChI=1S/C10H15NO3/c12-3-6-1-11(2-6)10(13)9-7-4-14-5-8(7)9/h6-9,12H,1-5H2. The minimum absolute atomic E-state index is 0.213. The second-order valence-electron chi connectivity index (χ2n) is 4.68. The molecule has 3 aliphatic rings. The number of likely N-dealkylation sites (tertiary alicyclic amines) is 1. The number of aliphatic hydroxyl groups is 1. The fourth-order valence-electron chi connectivity index (χ4n) is 2.68. The van der Waals surface area contributed by atoms with Crippen molar-refractivity contribution in [2.75, 3.05) is 32.9 Å². The van der Waals surface area contributed by atoms with E-state index in [1.165, 1.54) is 0 Å². The summed E-state index contributed by atoms with van der Waals surface area (Å²) in [5, 5.41) is 8.84. The summed E-state index contributed by atoms with van der Waals surface area (Å²) in [5.74, 6) is 1.90. The lowest BCUT2D eigenvalue weighted by molar-refractivity contribution is -0.141. The normalized spacial score (nSPS) is 40.6. The van der Waals surface area contributed by atoms with E-state index in [9.17, 15) is 4.79 Å². The molecule has 1 N–H and O–H groups in total. The second-order valence-corrected chi connectivity index (χ2v) is 4.68. The van der Waals surface area contributed by atoms with Gasteiger partial charge >= 0.3 is 0 Å². The first kappa shape index (κ1) is 8.68. The third-order valence-electron chi connectivity index (χ3n) is 3.76. The zero-order valence-electron chi connectivity index (χ0n) is 8.06. The predicted octanol–water partition coefficient (Wildman–Crippen LogP) is -0.671. The molecule has 0 aromatic rings. The number of carbonyl (C=O) groups excluding carboxylic acids is 1. The average Bonchev–Trinajstić information content (AvgIpc) is 2.58. The van der Waals surface area contributed by atoms with Gasteiger partial charge in [-0.2, -0.15) is 0 Å². The molecule has 2 atom stereocenters. The first-order chi connectivity index (χ1) is 6.81. The SMILES string of the molecule is O=C(C1C2COCC21)N1CC(CO)C1.